The lowest BCUT2D eigenvalue weighted by Crippen LogP contribution is -2.28. The molecule has 0 unspecified atom stereocenters. The summed E-state index contributed by atoms with van der Waals surface area (Å²) in [6.45, 7) is 2.26. The number of ether oxygens (including phenoxy) is 1. The number of benzene rings is 1. The maximum atomic E-state index is 11.3. The number of carbonyl (C=O) groups is 1. The van der Waals surface area contributed by atoms with Crippen LogP contribution in [-0.2, 0) is 11.2 Å². The van der Waals surface area contributed by atoms with Crippen molar-refractivity contribution in [1.29, 1.82) is 0 Å². The van der Waals surface area contributed by atoms with Gasteiger partial charge in [-0.05, 0) is 56.0 Å². The Kier molecular flexibility index (Phi) is 4.15. The summed E-state index contributed by atoms with van der Waals surface area (Å²) in [5.74, 6) is 0.513. The van der Waals surface area contributed by atoms with Crippen molar-refractivity contribution in [2.45, 2.75) is 19.3 Å². The van der Waals surface area contributed by atoms with Crippen molar-refractivity contribution >= 4 is 5.97 Å². The predicted molar refractivity (Wildman–Crippen MR) is 67.1 cm³/mol. The fourth-order valence-electron chi connectivity index (χ4n) is 2.31. The first-order valence-electron chi connectivity index (χ1n) is 6.17. The van der Waals surface area contributed by atoms with E-state index in [4.69, 9.17) is 0 Å². The van der Waals surface area contributed by atoms with Crippen LogP contribution in [0.4, 0.5) is 0 Å². The third kappa shape index (κ3) is 3.30. The summed E-state index contributed by atoms with van der Waals surface area (Å²) in [5.41, 5.74) is 1.94. The predicted octanol–water partition coefficient (Wildman–Crippen LogP) is 2.02. The summed E-state index contributed by atoms with van der Waals surface area (Å²) >= 11 is 0. The lowest BCUT2D eigenvalue weighted by Gasteiger charge is -2.22. The van der Waals surface area contributed by atoms with Gasteiger partial charge < -0.3 is 10.1 Å². The smallest absolute Gasteiger partial charge is 0.337 e. The molecule has 0 atom stereocenters. The van der Waals surface area contributed by atoms with Crippen molar-refractivity contribution in [2.24, 2.45) is 5.92 Å². The molecule has 1 aromatic carbocycles. The number of methoxy groups -OCH3 is 1. The minimum Gasteiger partial charge on any atom is -0.465 e. The molecule has 0 aromatic heterocycles. The van der Waals surface area contributed by atoms with E-state index in [-0.39, 0.29) is 5.97 Å². The molecule has 0 spiro atoms. The number of carbonyl (C=O) groups excluding carboxylic acids is 1. The summed E-state index contributed by atoms with van der Waals surface area (Å²) in [4.78, 5) is 11.3. The third-order valence-electron chi connectivity index (χ3n) is 3.36. The van der Waals surface area contributed by atoms with E-state index in [1.54, 1.807) is 0 Å². The maximum absolute atomic E-state index is 11.3. The summed E-state index contributed by atoms with van der Waals surface area (Å²) in [7, 11) is 1.41. The molecule has 1 aliphatic rings. The molecule has 1 N–H and O–H groups in total. The molecule has 0 saturated carbocycles. The fraction of sp³-hybridized carbons (Fsp3) is 0.500. The molecular weight excluding hydrogens is 214 g/mol. The first-order valence-corrected chi connectivity index (χ1v) is 6.17. The van der Waals surface area contributed by atoms with Crippen LogP contribution in [0.15, 0.2) is 24.3 Å². The molecule has 0 bridgehead atoms. The highest BCUT2D eigenvalue weighted by Crippen LogP contribution is 2.18. The standard InChI is InChI=1S/C14H19NO2/c1-17-14(16)13-4-2-11(3-5-13)10-12-6-8-15-9-7-12/h2-5,12,15H,6-10H2,1H3. The van der Waals surface area contributed by atoms with Crippen molar-refractivity contribution in [3.63, 3.8) is 0 Å². The van der Waals surface area contributed by atoms with Gasteiger partial charge in [-0.2, -0.15) is 0 Å². The van der Waals surface area contributed by atoms with Crippen LogP contribution in [0.2, 0.25) is 0 Å². The van der Waals surface area contributed by atoms with E-state index in [0.717, 1.165) is 25.4 Å². The minimum absolute atomic E-state index is 0.265. The van der Waals surface area contributed by atoms with Gasteiger partial charge in [0.1, 0.15) is 0 Å². The van der Waals surface area contributed by atoms with Gasteiger partial charge in [-0.15, -0.1) is 0 Å². The second kappa shape index (κ2) is 5.82. The van der Waals surface area contributed by atoms with Crippen LogP contribution in [0, 0.1) is 5.92 Å². The number of esters is 1. The number of hydrogen-bond acceptors (Lipinski definition) is 3. The Bertz CT molecular complexity index is 366. The van der Waals surface area contributed by atoms with Crippen LogP contribution in [0.3, 0.4) is 0 Å². The molecule has 92 valence electrons. The SMILES string of the molecule is COC(=O)c1ccc(CC2CCNCC2)cc1. The fourth-order valence-corrected chi connectivity index (χ4v) is 2.31. The molecule has 3 nitrogen and oxygen atoms in total. The quantitative estimate of drug-likeness (QED) is 0.812. The van der Waals surface area contributed by atoms with Crippen LogP contribution in [0.25, 0.3) is 0 Å². The molecule has 1 saturated heterocycles. The number of nitrogens with one attached hydrogen (secondary N) is 1. The lowest BCUT2D eigenvalue weighted by atomic mass is 9.91. The van der Waals surface area contributed by atoms with Crippen molar-refractivity contribution in [3.05, 3.63) is 35.4 Å². The van der Waals surface area contributed by atoms with Crippen LogP contribution < -0.4 is 5.32 Å². The Balaban J connectivity index is 1.95. The van der Waals surface area contributed by atoms with Gasteiger partial charge in [0.15, 0.2) is 0 Å². The molecule has 17 heavy (non-hydrogen) atoms. The summed E-state index contributed by atoms with van der Waals surface area (Å²) in [6, 6.07) is 7.77. The number of piperidine rings is 1. The second-order valence-corrected chi connectivity index (χ2v) is 4.59. The van der Waals surface area contributed by atoms with Crippen LogP contribution in [0.1, 0.15) is 28.8 Å². The Hall–Kier alpha value is -1.35. The van der Waals surface area contributed by atoms with E-state index in [0.29, 0.717) is 5.56 Å². The molecule has 2 rings (SSSR count). The monoisotopic (exact) mass is 233 g/mol. The van der Waals surface area contributed by atoms with Crippen LogP contribution in [-0.4, -0.2) is 26.2 Å². The van der Waals surface area contributed by atoms with Gasteiger partial charge >= 0.3 is 5.97 Å². The van der Waals surface area contributed by atoms with Crippen molar-refractivity contribution < 1.29 is 9.53 Å². The molecule has 0 radical (unpaired) electrons. The molecule has 1 fully saturated rings. The van der Waals surface area contributed by atoms with E-state index in [1.807, 2.05) is 24.3 Å². The Labute approximate surface area is 102 Å². The summed E-state index contributed by atoms with van der Waals surface area (Å²) in [5, 5.41) is 3.37. The minimum atomic E-state index is -0.265. The first-order chi connectivity index (χ1) is 8.29. The third-order valence-corrected chi connectivity index (χ3v) is 3.36. The first kappa shape index (κ1) is 12.1. The molecule has 1 heterocycles. The average molecular weight is 233 g/mol. The highest BCUT2D eigenvalue weighted by Gasteiger charge is 2.13. The normalized spacial score (nSPS) is 16.8. The van der Waals surface area contributed by atoms with Gasteiger partial charge in [0.2, 0.25) is 0 Å². The zero-order valence-corrected chi connectivity index (χ0v) is 10.2. The second-order valence-electron chi connectivity index (χ2n) is 4.59. The van der Waals surface area contributed by atoms with Crippen LogP contribution in [0.5, 0.6) is 0 Å². The van der Waals surface area contributed by atoms with Crippen LogP contribution >= 0.6 is 0 Å². The zero-order valence-electron chi connectivity index (χ0n) is 10.2. The van der Waals surface area contributed by atoms with E-state index in [9.17, 15) is 4.79 Å². The van der Waals surface area contributed by atoms with Gasteiger partial charge in [0, 0.05) is 0 Å². The average Bonchev–Trinajstić information content (AvgIpc) is 2.40. The van der Waals surface area contributed by atoms with Gasteiger partial charge in [0.05, 0.1) is 12.7 Å². The maximum Gasteiger partial charge on any atom is 0.337 e. The summed E-state index contributed by atoms with van der Waals surface area (Å²) < 4.78 is 4.68. The number of rotatable bonds is 3. The van der Waals surface area contributed by atoms with Gasteiger partial charge in [0.25, 0.3) is 0 Å². The lowest BCUT2D eigenvalue weighted by molar-refractivity contribution is 0.0600. The molecule has 0 amide bonds. The van der Waals surface area contributed by atoms with Crippen molar-refractivity contribution in [1.82, 2.24) is 5.32 Å². The van der Waals surface area contributed by atoms with E-state index in [1.165, 1.54) is 25.5 Å². The highest BCUT2D eigenvalue weighted by molar-refractivity contribution is 5.89. The summed E-state index contributed by atoms with van der Waals surface area (Å²) in [6.07, 6.45) is 3.61. The van der Waals surface area contributed by atoms with Gasteiger partial charge in [-0.25, -0.2) is 4.79 Å². The van der Waals surface area contributed by atoms with Gasteiger partial charge in [-0.1, -0.05) is 12.1 Å². The Morgan fingerprint density at radius 3 is 2.53 bits per heavy atom. The highest BCUT2D eigenvalue weighted by atomic mass is 16.5. The van der Waals surface area contributed by atoms with Crippen molar-refractivity contribution in [3.8, 4) is 0 Å². The molecule has 1 aromatic rings. The van der Waals surface area contributed by atoms with E-state index in [2.05, 4.69) is 10.1 Å². The van der Waals surface area contributed by atoms with Crippen molar-refractivity contribution in [2.75, 3.05) is 20.2 Å². The topological polar surface area (TPSA) is 38.3 Å². The van der Waals surface area contributed by atoms with E-state index < -0.39 is 0 Å². The molecular formula is C14H19NO2. The zero-order chi connectivity index (χ0) is 12.1. The number of hydrogen-bond donors (Lipinski definition) is 1. The molecule has 0 aliphatic carbocycles. The molecule has 1 aliphatic heterocycles. The van der Waals surface area contributed by atoms with Gasteiger partial charge in [-0.3, -0.25) is 0 Å². The van der Waals surface area contributed by atoms with E-state index >= 15 is 0 Å². The Morgan fingerprint density at radius 1 is 1.29 bits per heavy atom. The largest absolute Gasteiger partial charge is 0.465 e. The Morgan fingerprint density at radius 2 is 1.94 bits per heavy atom. The molecule has 3 heteroatoms.